The highest BCUT2D eigenvalue weighted by Gasteiger charge is 2.58. The lowest BCUT2D eigenvalue weighted by Gasteiger charge is -2.32. The maximum Gasteiger partial charge on any atom is 0.493 e. The smallest absolute Gasteiger partial charge is 0.462 e. The average molecular weight is 386 g/mol. The largest absolute Gasteiger partial charge is 0.493 e. The van der Waals surface area contributed by atoms with E-state index in [1.165, 1.54) is 0 Å². The highest BCUT2D eigenvalue weighted by atomic mass is 16.7. The fourth-order valence-electron chi connectivity index (χ4n) is 3.53. The van der Waals surface area contributed by atoms with Gasteiger partial charge in [-0.15, -0.1) is 0 Å². The first-order chi connectivity index (χ1) is 12.9. The summed E-state index contributed by atoms with van der Waals surface area (Å²) < 4.78 is 23.3. The lowest BCUT2D eigenvalue weighted by atomic mass is 9.62. The minimum Gasteiger partial charge on any atom is -0.462 e. The first-order valence-electron chi connectivity index (χ1n) is 9.63. The molecular weight excluding hydrogens is 358 g/mol. The molecule has 0 spiro atoms. The van der Waals surface area contributed by atoms with Gasteiger partial charge in [0.05, 0.1) is 29.0 Å². The second kappa shape index (κ2) is 7.02. The number of benzene rings is 1. The minimum atomic E-state index is -1.11. The molecule has 0 saturated carbocycles. The summed E-state index contributed by atoms with van der Waals surface area (Å²) >= 11 is 0. The molecule has 0 atom stereocenters. The van der Waals surface area contributed by atoms with Crippen LogP contribution in [0.15, 0.2) is 29.7 Å². The second-order valence-corrected chi connectivity index (χ2v) is 8.69. The van der Waals surface area contributed by atoms with E-state index in [1.807, 2.05) is 41.5 Å². The number of esters is 1. The van der Waals surface area contributed by atoms with Crippen molar-refractivity contribution in [3.8, 4) is 0 Å². The van der Waals surface area contributed by atoms with Crippen molar-refractivity contribution in [3.63, 3.8) is 0 Å². The highest BCUT2D eigenvalue weighted by Crippen LogP contribution is 2.46. The van der Waals surface area contributed by atoms with E-state index in [4.69, 9.17) is 18.7 Å². The third-order valence-corrected chi connectivity index (χ3v) is 5.79. The predicted molar refractivity (Wildman–Crippen MR) is 109 cm³/mol. The van der Waals surface area contributed by atoms with Gasteiger partial charge in [0.15, 0.2) is 0 Å². The number of hydrogen-bond donors (Lipinski definition) is 1. The Labute approximate surface area is 167 Å². The number of hydrogen-bond acceptors (Lipinski definition) is 6. The van der Waals surface area contributed by atoms with Crippen molar-refractivity contribution < 1.29 is 28.5 Å². The average Bonchev–Trinajstić information content (AvgIpc) is 2.94. The molecule has 0 aliphatic carbocycles. The quantitative estimate of drug-likeness (QED) is 0.634. The third-order valence-electron chi connectivity index (χ3n) is 5.79. The van der Waals surface area contributed by atoms with E-state index in [-0.39, 0.29) is 5.97 Å². The van der Waals surface area contributed by atoms with Gasteiger partial charge in [0.2, 0.25) is 0 Å². The van der Waals surface area contributed by atoms with Gasteiger partial charge in [-0.25, -0.2) is 4.79 Å². The molecule has 0 bridgehead atoms. The Bertz CT molecular complexity index is 781. The van der Waals surface area contributed by atoms with Crippen LogP contribution in [-0.2, 0) is 18.7 Å². The molecule has 0 unspecified atom stereocenters. The summed E-state index contributed by atoms with van der Waals surface area (Å²) in [6, 6.07) is 6.92. The van der Waals surface area contributed by atoms with Gasteiger partial charge in [0.25, 0.3) is 0 Å². The van der Waals surface area contributed by atoms with Gasteiger partial charge in [0, 0.05) is 0 Å². The van der Waals surface area contributed by atoms with E-state index in [0.29, 0.717) is 17.6 Å². The Balaban J connectivity index is 2.03. The van der Waals surface area contributed by atoms with Gasteiger partial charge < -0.3 is 23.7 Å². The van der Waals surface area contributed by atoms with E-state index in [2.05, 4.69) is 0 Å². The standard InChI is InChI=1S/C20H28B2O6/c1-8-25-17(23)14-11-9-13(10-12-14)15-16(18(2,3)26-21(15)24)22-27-19(4,5)20(6,7)28-22/h9-12,24H,8H2,1-7H3. The van der Waals surface area contributed by atoms with Crippen LogP contribution in [0.25, 0.3) is 5.47 Å². The Morgan fingerprint density at radius 3 is 2.04 bits per heavy atom. The number of carbonyl (C=O) groups excluding carboxylic acids is 1. The van der Waals surface area contributed by atoms with Crippen molar-refractivity contribution in [1.29, 1.82) is 0 Å². The molecule has 1 saturated heterocycles. The van der Waals surface area contributed by atoms with Crippen LogP contribution in [0.2, 0.25) is 0 Å². The first kappa shape index (κ1) is 21.1. The summed E-state index contributed by atoms with van der Waals surface area (Å²) in [6.45, 7) is 13.8. The fourth-order valence-corrected chi connectivity index (χ4v) is 3.53. The zero-order chi connectivity index (χ0) is 20.9. The van der Waals surface area contributed by atoms with E-state index in [0.717, 1.165) is 11.0 Å². The van der Waals surface area contributed by atoms with Crippen molar-refractivity contribution in [2.24, 2.45) is 0 Å². The summed E-state index contributed by atoms with van der Waals surface area (Å²) in [5.74, 6) is -0.377. The molecule has 1 aromatic rings. The fraction of sp³-hybridized carbons (Fsp3) is 0.550. The van der Waals surface area contributed by atoms with E-state index >= 15 is 0 Å². The zero-order valence-electron chi connectivity index (χ0n) is 17.7. The van der Waals surface area contributed by atoms with Crippen molar-refractivity contribution in [2.75, 3.05) is 6.61 Å². The highest BCUT2D eigenvalue weighted by molar-refractivity contribution is 6.74. The summed E-state index contributed by atoms with van der Waals surface area (Å²) in [4.78, 5) is 11.9. The van der Waals surface area contributed by atoms with Crippen molar-refractivity contribution in [3.05, 3.63) is 40.9 Å². The van der Waals surface area contributed by atoms with E-state index < -0.39 is 31.0 Å². The van der Waals surface area contributed by atoms with Gasteiger partial charge in [-0.2, -0.15) is 0 Å². The summed E-state index contributed by atoms with van der Waals surface area (Å²) in [5, 5.41) is 10.6. The predicted octanol–water partition coefficient (Wildman–Crippen LogP) is 3.08. The minimum absolute atomic E-state index is 0.318. The number of rotatable bonds is 4. The van der Waals surface area contributed by atoms with Crippen LogP contribution in [-0.4, -0.2) is 48.6 Å². The van der Waals surface area contributed by atoms with Crippen LogP contribution in [0.4, 0.5) is 0 Å². The number of carbonyl (C=O) groups is 1. The maximum absolute atomic E-state index is 11.9. The molecule has 2 aliphatic rings. The molecule has 6 nitrogen and oxygen atoms in total. The van der Waals surface area contributed by atoms with Crippen LogP contribution in [0, 0.1) is 0 Å². The van der Waals surface area contributed by atoms with Crippen LogP contribution in [0.3, 0.4) is 0 Å². The van der Waals surface area contributed by atoms with E-state index in [9.17, 15) is 9.82 Å². The zero-order valence-corrected chi connectivity index (χ0v) is 17.7. The normalized spacial score (nSPS) is 22.7. The van der Waals surface area contributed by atoms with Gasteiger partial charge >= 0.3 is 20.2 Å². The van der Waals surface area contributed by atoms with Gasteiger partial charge in [-0.05, 0) is 77.1 Å². The molecule has 1 N–H and O–H groups in total. The van der Waals surface area contributed by atoms with Gasteiger partial charge in [0.1, 0.15) is 0 Å². The molecule has 0 radical (unpaired) electrons. The van der Waals surface area contributed by atoms with Crippen LogP contribution in [0.5, 0.6) is 0 Å². The molecule has 2 heterocycles. The molecule has 0 aromatic heterocycles. The molecule has 8 heteroatoms. The van der Waals surface area contributed by atoms with Crippen LogP contribution < -0.4 is 0 Å². The summed E-state index contributed by atoms with van der Waals surface area (Å²) in [6.07, 6.45) is 0. The molecule has 2 aliphatic heterocycles. The summed E-state index contributed by atoms with van der Waals surface area (Å²) in [5.41, 5.74) is 0.782. The molecular formula is C20H28B2O6. The van der Waals surface area contributed by atoms with Crippen LogP contribution >= 0.6 is 0 Å². The second-order valence-electron chi connectivity index (χ2n) is 8.69. The van der Waals surface area contributed by atoms with Crippen LogP contribution in [0.1, 0.15) is 64.4 Å². The van der Waals surface area contributed by atoms with Gasteiger partial charge in [-0.3, -0.25) is 0 Å². The van der Waals surface area contributed by atoms with Crippen molar-refractivity contribution in [1.82, 2.24) is 0 Å². The third kappa shape index (κ3) is 3.54. The molecule has 1 aromatic carbocycles. The molecule has 150 valence electrons. The van der Waals surface area contributed by atoms with Crippen molar-refractivity contribution >= 4 is 25.7 Å². The topological polar surface area (TPSA) is 74.2 Å². The molecule has 1 fully saturated rings. The molecule has 28 heavy (non-hydrogen) atoms. The lowest BCUT2D eigenvalue weighted by molar-refractivity contribution is 0.00578. The molecule has 0 amide bonds. The first-order valence-corrected chi connectivity index (χ1v) is 9.63. The Hall–Kier alpha value is -1.60. The summed E-state index contributed by atoms with van der Waals surface area (Å²) in [7, 11) is -1.76. The Morgan fingerprint density at radius 2 is 1.54 bits per heavy atom. The van der Waals surface area contributed by atoms with Gasteiger partial charge in [-0.1, -0.05) is 12.1 Å². The van der Waals surface area contributed by atoms with Crippen molar-refractivity contribution in [2.45, 2.75) is 65.3 Å². The SMILES string of the molecule is CCOC(=O)c1ccc(C2=C(B3OC(C)(C)C(C)(C)O3)C(C)(C)OB2O)cc1. The Kier molecular flexibility index (Phi) is 5.30. The van der Waals surface area contributed by atoms with E-state index in [1.54, 1.807) is 31.2 Å². The Morgan fingerprint density at radius 1 is 1.00 bits per heavy atom. The lowest BCUT2D eigenvalue weighted by Crippen LogP contribution is -2.41. The monoisotopic (exact) mass is 386 g/mol. The maximum atomic E-state index is 11.9. The molecule has 3 rings (SSSR count). The number of ether oxygens (including phenoxy) is 1.